The maximum absolute atomic E-state index is 13.5. The second-order valence-corrected chi connectivity index (χ2v) is 8.17. The molecule has 0 saturated carbocycles. The van der Waals surface area contributed by atoms with Crippen molar-refractivity contribution in [3.05, 3.63) is 78.2 Å². The van der Waals surface area contributed by atoms with Crippen LogP contribution >= 0.6 is 0 Å². The zero-order valence-corrected chi connectivity index (χ0v) is 18.1. The number of halogens is 1. The highest BCUT2D eigenvalue weighted by Gasteiger charge is 2.25. The number of aryl methyl sites for hydroxylation is 1. The third-order valence-electron chi connectivity index (χ3n) is 5.79. The molecule has 0 bridgehead atoms. The Kier molecular flexibility index (Phi) is 5.31. The number of nitrogens with zero attached hydrogens (tertiary/aromatic N) is 5. The van der Waals surface area contributed by atoms with E-state index in [0.717, 1.165) is 31.0 Å². The second-order valence-electron chi connectivity index (χ2n) is 8.17. The minimum absolute atomic E-state index is 0.336. The van der Waals surface area contributed by atoms with Crippen LogP contribution in [0.1, 0.15) is 12.5 Å². The minimum atomic E-state index is -0.336. The Bertz CT molecular complexity index is 1220. The van der Waals surface area contributed by atoms with Crippen molar-refractivity contribution in [3.8, 4) is 22.8 Å². The maximum atomic E-state index is 13.5. The first-order chi connectivity index (χ1) is 15.6. The summed E-state index contributed by atoms with van der Waals surface area (Å²) in [5.41, 5.74) is 3.85. The van der Waals surface area contributed by atoms with Crippen molar-refractivity contribution < 1.29 is 8.91 Å². The molecule has 2 aromatic heterocycles. The van der Waals surface area contributed by atoms with Crippen molar-refractivity contribution in [1.82, 2.24) is 15.1 Å². The monoisotopic (exact) mass is 429 g/mol. The number of hydrogen-bond donors (Lipinski definition) is 0. The van der Waals surface area contributed by atoms with Gasteiger partial charge in [-0.1, -0.05) is 29.4 Å². The van der Waals surface area contributed by atoms with Gasteiger partial charge in [0.2, 0.25) is 5.82 Å². The van der Waals surface area contributed by atoms with Gasteiger partial charge in [0, 0.05) is 43.1 Å². The van der Waals surface area contributed by atoms with Crippen LogP contribution in [0.15, 0.2) is 71.4 Å². The van der Waals surface area contributed by atoms with E-state index in [2.05, 4.69) is 63.0 Å². The highest BCUT2D eigenvalue weighted by Crippen LogP contribution is 2.26. The average molecular weight is 429 g/mol. The molecule has 0 unspecified atom stereocenters. The molecule has 0 radical (unpaired) electrons. The minimum Gasteiger partial charge on any atom is -0.365 e. The van der Waals surface area contributed by atoms with Gasteiger partial charge < -0.3 is 14.3 Å². The molecule has 6 nitrogen and oxygen atoms in total. The number of rotatable bonds is 4. The Morgan fingerprint density at radius 2 is 1.88 bits per heavy atom. The molecule has 1 saturated heterocycles. The van der Waals surface area contributed by atoms with Gasteiger partial charge >= 0.3 is 0 Å². The lowest BCUT2D eigenvalue weighted by molar-refractivity contribution is 0.432. The van der Waals surface area contributed by atoms with Crippen LogP contribution in [0, 0.1) is 12.7 Å². The summed E-state index contributed by atoms with van der Waals surface area (Å²) in [5.74, 6) is 1.30. The van der Waals surface area contributed by atoms with Gasteiger partial charge in [0.05, 0.1) is 5.56 Å². The van der Waals surface area contributed by atoms with E-state index in [-0.39, 0.29) is 5.82 Å². The molecule has 4 aromatic rings. The highest BCUT2D eigenvalue weighted by molar-refractivity contribution is 5.60. The van der Waals surface area contributed by atoms with E-state index < -0.39 is 0 Å². The zero-order chi connectivity index (χ0) is 22.1. The summed E-state index contributed by atoms with van der Waals surface area (Å²) < 4.78 is 18.8. The first-order valence-corrected chi connectivity index (χ1v) is 10.7. The molecule has 32 heavy (non-hydrogen) atoms. The largest absolute Gasteiger partial charge is 0.365 e. The number of hydrogen-bond acceptors (Lipinski definition) is 6. The molecule has 0 spiro atoms. The van der Waals surface area contributed by atoms with Crippen LogP contribution in [0.2, 0.25) is 0 Å². The van der Waals surface area contributed by atoms with Gasteiger partial charge in [-0.2, -0.15) is 4.98 Å². The summed E-state index contributed by atoms with van der Waals surface area (Å²) in [6.07, 6.45) is 1.75. The Labute approximate surface area is 186 Å². The fourth-order valence-corrected chi connectivity index (χ4v) is 4.14. The van der Waals surface area contributed by atoms with Crippen LogP contribution in [0.25, 0.3) is 22.8 Å². The number of anilines is 2. The van der Waals surface area contributed by atoms with E-state index in [1.54, 1.807) is 18.3 Å². The van der Waals surface area contributed by atoms with Crippen molar-refractivity contribution in [2.24, 2.45) is 0 Å². The molecule has 0 aliphatic carbocycles. The average Bonchev–Trinajstić information content (AvgIpc) is 3.30. The molecule has 1 aliphatic heterocycles. The van der Waals surface area contributed by atoms with Gasteiger partial charge in [-0.25, -0.2) is 9.37 Å². The van der Waals surface area contributed by atoms with Gasteiger partial charge in [-0.3, -0.25) is 0 Å². The van der Waals surface area contributed by atoms with Crippen molar-refractivity contribution in [2.45, 2.75) is 19.9 Å². The summed E-state index contributed by atoms with van der Waals surface area (Å²) in [4.78, 5) is 13.8. The van der Waals surface area contributed by atoms with Crippen molar-refractivity contribution in [2.75, 3.05) is 29.4 Å². The first kappa shape index (κ1) is 20.2. The molecule has 162 valence electrons. The molecule has 7 heteroatoms. The number of benzene rings is 2. The van der Waals surface area contributed by atoms with E-state index in [0.29, 0.717) is 23.3 Å². The molecule has 1 fully saturated rings. The molecule has 2 aromatic carbocycles. The number of piperazine rings is 1. The molecule has 1 atom stereocenters. The van der Waals surface area contributed by atoms with Crippen molar-refractivity contribution in [1.29, 1.82) is 0 Å². The Balaban J connectivity index is 1.28. The van der Waals surface area contributed by atoms with E-state index >= 15 is 0 Å². The number of aromatic nitrogens is 3. The van der Waals surface area contributed by atoms with Gasteiger partial charge in [0.1, 0.15) is 11.6 Å². The second kappa shape index (κ2) is 8.42. The van der Waals surface area contributed by atoms with Crippen LogP contribution in [-0.2, 0) is 0 Å². The van der Waals surface area contributed by atoms with Gasteiger partial charge in [0.25, 0.3) is 5.89 Å². The van der Waals surface area contributed by atoms with E-state index in [1.807, 2.05) is 12.1 Å². The van der Waals surface area contributed by atoms with Gasteiger partial charge in [0.15, 0.2) is 0 Å². The topological polar surface area (TPSA) is 58.3 Å². The first-order valence-electron chi connectivity index (χ1n) is 10.7. The van der Waals surface area contributed by atoms with Crippen molar-refractivity contribution in [3.63, 3.8) is 0 Å². The van der Waals surface area contributed by atoms with Crippen LogP contribution in [-0.4, -0.2) is 40.8 Å². The molecule has 3 heterocycles. The normalized spacial score (nSPS) is 16.4. The lowest BCUT2D eigenvalue weighted by atomic mass is 10.1. The summed E-state index contributed by atoms with van der Waals surface area (Å²) >= 11 is 0. The van der Waals surface area contributed by atoms with E-state index in [1.165, 1.54) is 23.4 Å². The van der Waals surface area contributed by atoms with E-state index in [9.17, 15) is 4.39 Å². The Hall–Kier alpha value is -3.74. The summed E-state index contributed by atoms with van der Waals surface area (Å²) in [6, 6.07) is 19.1. The smallest absolute Gasteiger partial charge is 0.259 e. The van der Waals surface area contributed by atoms with Crippen LogP contribution in [0.4, 0.5) is 15.9 Å². The van der Waals surface area contributed by atoms with Crippen LogP contribution in [0.3, 0.4) is 0 Å². The molecule has 0 amide bonds. The molecular formula is C25H24FN5O. The summed E-state index contributed by atoms with van der Waals surface area (Å²) in [6.45, 7) is 7.10. The van der Waals surface area contributed by atoms with Crippen LogP contribution in [0.5, 0.6) is 0 Å². The fourth-order valence-electron chi connectivity index (χ4n) is 4.14. The fraction of sp³-hybridized carbons (Fsp3) is 0.240. The van der Waals surface area contributed by atoms with Crippen molar-refractivity contribution >= 4 is 11.5 Å². The Morgan fingerprint density at radius 3 is 2.62 bits per heavy atom. The third kappa shape index (κ3) is 4.06. The summed E-state index contributed by atoms with van der Waals surface area (Å²) in [7, 11) is 0. The van der Waals surface area contributed by atoms with E-state index in [4.69, 9.17) is 4.52 Å². The SMILES string of the molecule is Cc1cccc(N2CCN(c3ccc(-c4nc(-c5cccc(F)c5)no4)cn3)C[C@@H]2C)c1. The van der Waals surface area contributed by atoms with Gasteiger partial charge in [-0.15, -0.1) is 0 Å². The predicted octanol–water partition coefficient (Wildman–Crippen LogP) is 4.96. The molecule has 1 aliphatic rings. The zero-order valence-electron chi connectivity index (χ0n) is 18.1. The summed E-state index contributed by atoms with van der Waals surface area (Å²) in [5, 5.41) is 3.97. The maximum Gasteiger partial charge on any atom is 0.259 e. The quantitative estimate of drug-likeness (QED) is 0.457. The molecule has 5 rings (SSSR count). The number of pyridine rings is 1. The third-order valence-corrected chi connectivity index (χ3v) is 5.79. The lowest BCUT2D eigenvalue weighted by Crippen LogP contribution is -2.52. The lowest BCUT2D eigenvalue weighted by Gasteiger charge is -2.42. The Morgan fingerprint density at radius 1 is 1.00 bits per heavy atom. The molecule has 0 N–H and O–H groups in total. The molecular weight excluding hydrogens is 405 g/mol. The standard InChI is InChI=1S/C25H24FN5O/c1-17-5-3-8-22(13-17)31-12-11-30(16-18(31)2)23-10-9-20(15-27-23)25-28-24(29-32-25)19-6-4-7-21(26)14-19/h3-10,13-15,18H,11-12,16H2,1-2H3/t18-/m0/s1. The van der Waals surface area contributed by atoms with Gasteiger partial charge in [-0.05, 0) is 55.8 Å². The predicted molar refractivity (Wildman–Crippen MR) is 123 cm³/mol. The van der Waals surface area contributed by atoms with Crippen LogP contribution < -0.4 is 9.80 Å². The highest BCUT2D eigenvalue weighted by atomic mass is 19.1.